The number of benzene rings is 2. The van der Waals surface area contributed by atoms with Gasteiger partial charge in [0.05, 0.1) is 0 Å². The number of aromatic nitrogens is 3. The van der Waals surface area contributed by atoms with E-state index in [0.717, 1.165) is 50.1 Å². The van der Waals surface area contributed by atoms with Gasteiger partial charge in [-0.25, -0.2) is 0 Å². The lowest BCUT2D eigenvalue weighted by Gasteiger charge is -2.51. The van der Waals surface area contributed by atoms with Crippen LogP contribution in [0.15, 0.2) is 60.9 Å². The summed E-state index contributed by atoms with van der Waals surface area (Å²) >= 11 is 6.39. The Hall–Kier alpha value is -2.21. The number of likely N-dealkylation sites (tertiary alicyclic amines) is 2. The van der Waals surface area contributed by atoms with Crippen molar-refractivity contribution in [1.82, 2.24) is 24.6 Å². The first-order chi connectivity index (χ1) is 14.1. The van der Waals surface area contributed by atoms with Gasteiger partial charge in [-0.05, 0) is 17.2 Å². The van der Waals surface area contributed by atoms with Gasteiger partial charge in [-0.2, -0.15) is 0 Å². The number of hydrogen-bond donors (Lipinski definition) is 0. The molecule has 0 aliphatic carbocycles. The summed E-state index contributed by atoms with van der Waals surface area (Å²) < 4.78 is 2.09. The summed E-state index contributed by atoms with van der Waals surface area (Å²) in [6, 6.07) is 18.9. The summed E-state index contributed by atoms with van der Waals surface area (Å²) in [7, 11) is 2.06. The van der Waals surface area contributed by atoms with Gasteiger partial charge in [0, 0.05) is 62.7 Å². The van der Waals surface area contributed by atoms with Crippen LogP contribution in [0.5, 0.6) is 0 Å². The Kier molecular flexibility index (Phi) is 4.90. The number of aryl methyl sites for hydroxylation is 1. The maximum Gasteiger partial charge on any atom is 0.137 e. The van der Waals surface area contributed by atoms with Gasteiger partial charge in [0.2, 0.25) is 0 Å². The normalized spacial score (nSPS) is 21.5. The van der Waals surface area contributed by atoms with E-state index in [1.807, 2.05) is 18.5 Å². The van der Waals surface area contributed by atoms with Gasteiger partial charge in [0.1, 0.15) is 12.2 Å². The van der Waals surface area contributed by atoms with Gasteiger partial charge in [-0.1, -0.05) is 60.1 Å². The zero-order chi connectivity index (χ0) is 19.8. The third kappa shape index (κ3) is 3.59. The highest BCUT2D eigenvalue weighted by molar-refractivity contribution is 6.31. The van der Waals surface area contributed by atoms with Crippen molar-refractivity contribution in [3.63, 3.8) is 0 Å². The second kappa shape index (κ2) is 7.56. The van der Waals surface area contributed by atoms with E-state index in [1.165, 1.54) is 11.1 Å². The average Bonchev–Trinajstić information content (AvgIpc) is 3.27. The summed E-state index contributed by atoms with van der Waals surface area (Å²) in [5.74, 6) is 1.51. The van der Waals surface area contributed by atoms with E-state index in [-0.39, 0.29) is 5.41 Å². The first-order valence-electron chi connectivity index (χ1n) is 10.2. The van der Waals surface area contributed by atoms with Gasteiger partial charge >= 0.3 is 0 Å². The number of nitrogens with zero attached hydrogens (tertiary/aromatic N) is 5. The highest BCUT2D eigenvalue weighted by Gasteiger charge is 2.55. The molecule has 3 heterocycles. The van der Waals surface area contributed by atoms with Crippen LogP contribution in [-0.4, -0.2) is 50.7 Å². The first-order valence-corrected chi connectivity index (χ1v) is 10.6. The third-order valence-corrected chi connectivity index (χ3v) is 6.82. The van der Waals surface area contributed by atoms with Gasteiger partial charge in [0.25, 0.3) is 0 Å². The lowest BCUT2D eigenvalue weighted by atomic mass is 9.71. The molecular formula is C23H26ClN5. The van der Waals surface area contributed by atoms with E-state index in [9.17, 15) is 0 Å². The Morgan fingerprint density at radius 2 is 1.69 bits per heavy atom. The van der Waals surface area contributed by atoms with Crippen LogP contribution in [0.3, 0.4) is 0 Å². The summed E-state index contributed by atoms with van der Waals surface area (Å²) in [6.07, 6.45) is 1.82. The molecule has 5 rings (SSSR count). The van der Waals surface area contributed by atoms with Crippen molar-refractivity contribution < 1.29 is 0 Å². The van der Waals surface area contributed by atoms with E-state index in [2.05, 4.69) is 74.1 Å². The molecule has 0 radical (unpaired) electrons. The zero-order valence-electron chi connectivity index (χ0n) is 16.7. The molecule has 2 aliphatic heterocycles. The largest absolute Gasteiger partial charge is 0.320 e. The quantitative estimate of drug-likeness (QED) is 0.648. The van der Waals surface area contributed by atoms with E-state index in [0.29, 0.717) is 5.92 Å². The van der Waals surface area contributed by atoms with Crippen LogP contribution in [-0.2, 0) is 20.1 Å². The summed E-state index contributed by atoms with van der Waals surface area (Å²) in [5.41, 5.74) is 2.81. The smallest absolute Gasteiger partial charge is 0.137 e. The van der Waals surface area contributed by atoms with Gasteiger partial charge in [-0.3, -0.25) is 9.80 Å². The van der Waals surface area contributed by atoms with Gasteiger partial charge in [-0.15, -0.1) is 10.2 Å². The zero-order valence-corrected chi connectivity index (χ0v) is 17.5. The highest BCUT2D eigenvalue weighted by atomic mass is 35.5. The van der Waals surface area contributed by atoms with Crippen molar-refractivity contribution in [2.45, 2.75) is 19.0 Å². The van der Waals surface area contributed by atoms with Crippen LogP contribution in [0.2, 0.25) is 5.02 Å². The fourth-order valence-electron chi connectivity index (χ4n) is 5.14. The molecule has 0 amide bonds. The lowest BCUT2D eigenvalue weighted by molar-refractivity contribution is -0.0116. The maximum absolute atomic E-state index is 6.39. The number of hydrogen-bond acceptors (Lipinski definition) is 4. The van der Waals surface area contributed by atoms with Crippen LogP contribution in [0.25, 0.3) is 0 Å². The molecule has 2 saturated heterocycles. The van der Waals surface area contributed by atoms with Crippen LogP contribution in [0.1, 0.15) is 22.9 Å². The van der Waals surface area contributed by atoms with Crippen molar-refractivity contribution >= 4 is 11.6 Å². The predicted octanol–water partition coefficient (Wildman–Crippen LogP) is 3.57. The minimum Gasteiger partial charge on any atom is -0.320 e. The van der Waals surface area contributed by atoms with Crippen molar-refractivity contribution in [1.29, 1.82) is 0 Å². The number of rotatable bonds is 5. The molecule has 1 unspecified atom stereocenters. The van der Waals surface area contributed by atoms with Crippen molar-refractivity contribution in [2.75, 3.05) is 26.2 Å². The minimum atomic E-state index is 0.233. The molecule has 1 aromatic heterocycles. The molecule has 2 fully saturated rings. The molecule has 1 atom stereocenters. The summed E-state index contributed by atoms with van der Waals surface area (Å²) in [5, 5.41) is 9.50. The van der Waals surface area contributed by atoms with Crippen LogP contribution < -0.4 is 0 Å². The Morgan fingerprint density at radius 3 is 2.41 bits per heavy atom. The minimum absolute atomic E-state index is 0.233. The Labute approximate surface area is 176 Å². The van der Waals surface area contributed by atoms with Crippen molar-refractivity contribution in [2.24, 2.45) is 12.5 Å². The van der Waals surface area contributed by atoms with Crippen molar-refractivity contribution in [3.05, 3.63) is 82.9 Å². The summed E-state index contributed by atoms with van der Waals surface area (Å²) in [6.45, 7) is 6.16. The van der Waals surface area contributed by atoms with Gasteiger partial charge < -0.3 is 4.57 Å². The molecule has 0 saturated carbocycles. The Balaban J connectivity index is 1.34. The topological polar surface area (TPSA) is 37.2 Å². The van der Waals surface area contributed by atoms with Gasteiger partial charge in [0.15, 0.2) is 0 Å². The van der Waals surface area contributed by atoms with Crippen LogP contribution >= 0.6 is 11.6 Å². The second-order valence-corrected chi connectivity index (χ2v) is 9.01. The fourth-order valence-corrected chi connectivity index (χ4v) is 5.34. The summed E-state index contributed by atoms with van der Waals surface area (Å²) in [4.78, 5) is 5.10. The lowest BCUT2D eigenvalue weighted by Crippen LogP contribution is -2.59. The Morgan fingerprint density at radius 1 is 0.966 bits per heavy atom. The SMILES string of the molecule is Cn1cnnc1C1CN(Cc2ccccc2)CC12CN(Cc1ccccc1Cl)C2. The number of halogens is 1. The molecule has 2 aliphatic rings. The van der Waals surface area contributed by atoms with Crippen molar-refractivity contribution in [3.8, 4) is 0 Å². The molecule has 150 valence electrons. The van der Waals surface area contributed by atoms with Crippen LogP contribution in [0.4, 0.5) is 0 Å². The predicted molar refractivity (Wildman–Crippen MR) is 115 cm³/mol. The monoisotopic (exact) mass is 407 g/mol. The third-order valence-electron chi connectivity index (χ3n) is 6.45. The molecule has 6 heteroatoms. The first kappa shape index (κ1) is 18.8. The molecule has 29 heavy (non-hydrogen) atoms. The standard InChI is InChI=1S/C23H26ClN5/c1-27-17-25-26-22(27)20-13-28(11-18-7-3-2-4-8-18)14-23(20)15-29(16-23)12-19-9-5-6-10-21(19)24/h2-10,17,20H,11-16H2,1H3. The highest BCUT2D eigenvalue weighted by Crippen LogP contribution is 2.49. The Bertz CT molecular complexity index is 980. The fraction of sp³-hybridized carbons (Fsp3) is 0.391. The van der Waals surface area contributed by atoms with E-state index in [1.54, 1.807) is 0 Å². The molecule has 1 spiro atoms. The van der Waals surface area contributed by atoms with E-state index in [4.69, 9.17) is 11.6 Å². The molecule has 0 N–H and O–H groups in total. The molecule has 5 nitrogen and oxygen atoms in total. The average molecular weight is 408 g/mol. The molecule has 3 aromatic rings. The molecule has 0 bridgehead atoms. The molecule has 2 aromatic carbocycles. The second-order valence-electron chi connectivity index (χ2n) is 8.61. The van der Waals surface area contributed by atoms with Crippen LogP contribution in [0, 0.1) is 5.41 Å². The maximum atomic E-state index is 6.39. The van der Waals surface area contributed by atoms with E-state index >= 15 is 0 Å². The molecular weight excluding hydrogens is 382 g/mol. The van der Waals surface area contributed by atoms with E-state index < -0.39 is 0 Å².